The highest BCUT2D eigenvalue weighted by atomic mass is 35.5. The molecule has 1 amide bonds. The molecule has 0 spiro atoms. The predicted molar refractivity (Wildman–Crippen MR) is 80.1 cm³/mol. The van der Waals surface area contributed by atoms with E-state index < -0.39 is 5.91 Å². The van der Waals surface area contributed by atoms with Crippen LogP contribution in [0.25, 0.3) is 11.0 Å². The van der Waals surface area contributed by atoms with Crippen molar-refractivity contribution in [1.29, 1.82) is 0 Å². The van der Waals surface area contributed by atoms with E-state index in [1.165, 1.54) is 17.4 Å². The van der Waals surface area contributed by atoms with Crippen LogP contribution < -0.4 is 10.7 Å². The Balaban J connectivity index is 1.98. The molecule has 0 aliphatic heterocycles. The number of carbonyl (C=O) groups excluding carboxylic acids is 1. The molecule has 2 heterocycles. The quantitative estimate of drug-likeness (QED) is 0.784. The van der Waals surface area contributed by atoms with Gasteiger partial charge in [0.2, 0.25) is 5.13 Å². The lowest BCUT2D eigenvalue weighted by Crippen LogP contribution is -2.14. The molecule has 3 rings (SSSR count). The zero-order valence-electron chi connectivity index (χ0n) is 10.7. The van der Waals surface area contributed by atoms with Gasteiger partial charge in [-0.25, -0.2) is 0 Å². The van der Waals surface area contributed by atoms with E-state index in [-0.39, 0.29) is 11.2 Å². The molecule has 1 N–H and O–H groups in total. The summed E-state index contributed by atoms with van der Waals surface area (Å²) in [5.41, 5.74) is -0.0390. The van der Waals surface area contributed by atoms with Crippen LogP contribution in [0.2, 0.25) is 5.02 Å². The molecule has 0 aliphatic rings. The highest BCUT2D eigenvalue weighted by molar-refractivity contribution is 7.15. The molecule has 2 aromatic heterocycles. The van der Waals surface area contributed by atoms with E-state index in [4.69, 9.17) is 16.0 Å². The molecule has 0 radical (unpaired) electrons. The Hall–Kier alpha value is -2.25. The fourth-order valence-corrected chi connectivity index (χ4v) is 2.51. The summed E-state index contributed by atoms with van der Waals surface area (Å²) in [4.78, 5) is 24.0. The van der Waals surface area contributed by atoms with E-state index in [0.717, 1.165) is 11.1 Å². The summed E-state index contributed by atoms with van der Waals surface area (Å²) < 4.78 is 5.42. The third kappa shape index (κ3) is 2.79. The number of hydrogen-bond donors (Lipinski definition) is 1. The second kappa shape index (κ2) is 5.27. The molecular formula is C13H8ClN3O3S. The molecule has 0 aliphatic carbocycles. The van der Waals surface area contributed by atoms with Gasteiger partial charge in [0.05, 0.1) is 5.39 Å². The molecule has 106 valence electrons. The molecule has 0 saturated carbocycles. The predicted octanol–water partition coefficient (Wildman–Crippen LogP) is 2.86. The Bertz CT molecular complexity index is 903. The SMILES string of the molecule is Cc1nnc(NC(=O)c2cc(=O)c3cc(Cl)ccc3o2)s1. The number of aromatic nitrogens is 2. The molecular weight excluding hydrogens is 314 g/mol. The molecule has 6 nitrogen and oxygen atoms in total. The molecule has 1 aromatic carbocycles. The number of amides is 1. The van der Waals surface area contributed by atoms with E-state index >= 15 is 0 Å². The van der Waals surface area contributed by atoms with E-state index in [0.29, 0.717) is 21.1 Å². The summed E-state index contributed by atoms with van der Waals surface area (Å²) in [6.07, 6.45) is 0. The number of nitrogens with zero attached hydrogens (tertiary/aromatic N) is 2. The van der Waals surface area contributed by atoms with Gasteiger partial charge in [-0.1, -0.05) is 22.9 Å². The third-order valence-corrected chi connectivity index (χ3v) is 3.65. The number of hydrogen-bond acceptors (Lipinski definition) is 6. The summed E-state index contributed by atoms with van der Waals surface area (Å²) >= 11 is 7.06. The minimum Gasteiger partial charge on any atom is -0.451 e. The van der Waals surface area contributed by atoms with Crippen LogP contribution in [0, 0.1) is 6.92 Å². The molecule has 0 bridgehead atoms. The second-order valence-corrected chi connectivity index (χ2v) is 5.81. The molecule has 3 aromatic rings. The number of fused-ring (bicyclic) bond motifs is 1. The summed E-state index contributed by atoms with van der Waals surface area (Å²) in [7, 11) is 0. The summed E-state index contributed by atoms with van der Waals surface area (Å²) in [5.74, 6) is -0.650. The van der Waals surface area contributed by atoms with Crippen LogP contribution in [-0.4, -0.2) is 16.1 Å². The van der Waals surface area contributed by atoms with Crippen LogP contribution in [0.5, 0.6) is 0 Å². The topological polar surface area (TPSA) is 85.1 Å². The van der Waals surface area contributed by atoms with Crippen LogP contribution >= 0.6 is 22.9 Å². The Morgan fingerprint density at radius 3 is 2.86 bits per heavy atom. The first-order valence-electron chi connectivity index (χ1n) is 5.88. The van der Waals surface area contributed by atoms with E-state index in [9.17, 15) is 9.59 Å². The Kier molecular flexibility index (Phi) is 3.44. The Morgan fingerprint density at radius 1 is 1.33 bits per heavy atom. The summed E-state index contributed by atoms with van der Waals surface area (Å²) in [6, 6.07) is 5.76. The zero-order chi connectivity index (χ0) is 15.0. The van der Waals surface area contributed by atoms with Gasteiger partial charge in [0.25, 0.3) is 5.91 Å². The third-order valence-electron chi connectivity index (χ3n) is 2.66. The maximum absolute atomic E-state index is 12.1. The number of halogens is 1. The summed E-state index contributed by atoms with van der Waals surface area (Å²) in [6.45, 7) is 1.77. The average Bonchev–Trinajstić information content (AvgIpc) is 2.84. The van der Waals surface area contributed by atoms with Gasteiger partial charge in [0, 0.05) is 11.1 Å². The molecule has 0 saturated heterocycles. The van der Waals surface area contributed by atoms with Crippen LogP contribution in [0.15, 0.2) is 33.5 Å². The van der Waals surface area contributed by atoms with Crippen molar-refractivity contribution in [3.8, 4) is 0 Å². The van der Waals surface area contributed by atoms with Gasteiger partial charge in [0.15, 0.2) is 11.2 Å². The molecule has 0 atom stereocenters. The van der Waals surface area contributed by atoms with Gasteiger partial charge in [-0.2, -0.15) is 0 Å². The smallest absolute Gasteiger partial charge is 0.293 e. The number of carbonyl (C=O) groups is 1. The number of benzene rings is 1. The van der Waals surface area contributed by atoms with Crippen molar-refractivity contribution in [1.82, 2.24) is 10.2 Å². The lowest BCUT2D eigenvalue weighted by atomic mass is 10.2. The van der Waals surface area contributed by atoms with Gasteiger partial charge < -0.3 is 4.42 Å². The van der Waals surface area contributed by atoms with Gasteiger partial charge in [-0.05, 0) is 25.1 Å². The maximum atomic E-state index is 12.1. The minimum absolute atomic E-state index is 0.0947. The van der Waals surface area contributed by atoms with Gasteiger partial charge >= 0.3 is 0 Å². The van der Waals surface area contributed by atoms with Gasteiger partial charge in [0.1, 0.15) is 10.6 Å². The largest absolute Gasteiger partial charge is 0.451 e. The van der Waals surface area contributed by atoms with E-state index in [2.05, 4.69) is 15.5 Å². The van der Waals surface area contributed by atoms with Crippen molar-refractivity contribution in [2.45, 2.75) is 6.92 Å². The van der Waals surface area contributed by atoms with Crippen molar-refractivity contribution in [3.63, 3.8) is 0 Å². The van der Waals surface area contributed by atoms with Crippen molar-refractivity contribution < 1.29 is 9.21 Å². The highest BCUT2D eigenvalue weighted by Crippen LogP contribution is 2.19. The van der Waals surface area contributed by atoms with Crippen molar-refractivity contribution in [2.75, 3.05) is 5.32 Å². The average molecular weight is 322 g/mol. The van der Waals surface area contributed by atoms with E-state index in [1.54, 1.807) is 19.1 Å². The minimum atomic E-state index is -0.555. The van der Waals surface area contributed by atoms with Crippen LogP contribution in [-0.2, 0) is 0 Å². The van der Waals surface area contributed by atoms with Crippen LogP contribution in [0.1, 0.15) is 15.6 Å². The molecule has 8 heteroatoms. The monoisotopic (exact) mass is 321 g/mol. The standard InChI is InChI=1S/C13H8ClN3O3S/c1-6-16-17-13(21-6)15-12(19)11-5-9(18)8-4-7(14)2-3-10(8)20-11/h2-5H,1H3,(H,15,17,19). The lowest BCUT2D eigenvalue weighted by Gasteiger charge is -2.02. The van der Waals surface area contributed by atoms with Gasteiger partial charge in [-0.15, -0.1) is 10.2 Å². The highest BCUT2D eigenvalue weighted by Gasteiger charge is 2.14. The second-order valence-electron chi connectivity index (χ2n) is 4.20. The lowest BCUT2D eigenvalue weighted by molar-refractivity contribution is 0.0997. The van der Waals surface area contributed by atoms with Crippen LogP contribution in [0.4, 0.5) is 5.13 Å². The first-order valence-corrected chi connectivity index (χ1v) is 7.07. The Morgan fingerprint density at radius 2 is 2.14 bits per heavy atom. The van der Waals surface area contributed by atoms with Crippen molar-refractivity contribution in [2.24, 2.45) is 0 Å². The number of anilines is 1. The normalized spacial score (nSPS) is 10.8. The first kappa shape index (κ1) is 13.7. The zero-order valence-corrected chi connectivity index (χ0v) is 12.3. The van der Waals surface area contributed by atoms with E-state index in [1.807, 2.05) is 0 Å². The first-order chi connectivity index (χ1) is 10.0. The van der Waals surface area contributed by atoms with Gasteiger partial charge in [-0.3, -0.25) is 14.9 Å². The summed E-state index contributed by atoms with van der Waals surface area (Å²) in [5, 5.41) is 11.9. The Labute approximate surface area is 127 Å². The number of nitrogens with one attached hydrogen (secondary N) is 1. The molecule has 0 unspecified atom stereocenters. The van der Waals surface area contributed by atoms with Crippen molar-refractivity contribution in [3.05, 3.63) is 50.3 Å². The number of rotatable bonds is 2. The maximum Gasteiger partial charge on any atom is 0.293 e. The fraction of sp³-hybridized carbons (Fsp3) is 0.0769. The van der Waals surface area contributed by atoms with Crippen LogP contribution in [0.3, 0.4) is 0 Å². The molecule has 21 heavy (non-hydrogen) atoms. The molecule has 0 fully saturated rings. The fourth-order valence-electron chi connectivity index (χ4n) is 1.75. The van der Waals surface area contributed by atoms with Crippen molar-refractivity contribution >= 4 is 44.9 Å². The number of aryl methyl sites for hydroxylation is 1.